The molecule has 0 amide bonds. The summed E-state index contributed by atoms with van der Waals surface area (Å²) in [7, 11) is -4.01. The zero-order valence-corrected chi connectivity index (χ0v) is 25.3. The minimum absolute atomic E-state index is 0.0226. The molecule has 1 saturated heterocycles. The third kappa shape index (κ3) is 8.17. The van der Waals surface area contributed by atoms with E-state index < -0.39 is 33.8 Å². The molecule has 238 valence electrons. The molecular formula is C32H33F3N4O5S. The Morgan fingerprint density at radius 1 is 1.00 bits per heavy atom. The number of ether oxygens (including phenoxy) is 1. The van der Waals surface area contributed by atoms with E-state index >= 15 is 0 Å². The SMILES string of the molecule is Cc1cc(COc2ccc(S(=O)(=O)NC[C@@H](C(=O)O)N3CCN(Cc4ccc(C(F)(F)F)cc4)CC3)cc2)c2ccccc2n1. The standard InChI is InChI=1S/C32H33F3N4O5S/c1-22-18-24(28-4-2-3-5-29(28)37-22)21-44-26-10-12-27(13-11-26)45(42,43)36-19-30(31(40)41)39-16-14-38(15-17-39)20-23-6-8-25(9-7-23)32(33,34)35/h2-13,18,30,36H,14-17,19-21H2,1H3,(H,40,41)/t30-/m0/s1. The van der Waals surface area contributed by atoms with Crippen LogP contribution in [0.4, 0.5) is 13.2 Å². The van der Waals surface area contributed by atoms with E-state index in [0.29, 0.717) is 38.5 Å². The Morgan fingerprint density at radius 2 is 1.67 bits per heavy atom. The Bertz CT molecular complexity index is 1740. The van der Waals surface area contributed by atoms with Gasteiger partial charge in [0.05, 0.1) is 16.0 Å². The van der Waals surface area contributed by atoms with Crippen LogP contribution in [0, 0.1) is 6.92 Å². The first kappa shape index (κ1) is 32.4. The van der Waals surface area contributed by atoms with Gasteiger partial charge in [-0.3, -0.25) is 19.6 Å². The van der Waals surface area contributed by atoms with E-state index in [1.54, 1.807) is 17.0 Å². The number of alkyl halides is 3. The van der Waals surface area contributed by atoms with E-state index in [9.17, 15) is 31.5 Å². The lowest BCUT2D eigenvalue weighted by molar-refractivity contribution is -0.143. The minimum Gasteiger partial charge on any atom is -0.489 e. The molecule has 1 aliphatic heterocycles. The molecule has 2 heterocycles. The number of carbonyl (C=O) groups is 1. The molecule has 1 aliphatic rings. The molecule has 1 fully saturated rings. The highest BCUT2D eigenvalue weighted by molar-refractivity contribution is 7.89. The van der Waals surface area contributed by atoms with Crippen molar-refractivity contribution in [2.24, 2.45) is 0 Å². The van der Waals surface area contributed by atoms with E-state index in [2.05, 4.69) is 9.71 Å². The molecule has 0 saturated carbocycles. The fourth-order valence-electron chi connectivity index (χ4n) is 5.33. The van der Waals surface area contributed by atoms with E-state index in [-0.39, 0.29) is 18.0 Å². The van der Waals surface area contributed by atoms with Crippen LogP contribution in [0.2, 0.25) is 0 Å². The molecular weight excluding hydrogens is 609 g/mol. The number of benzene rings is 3. The van der Waals surface area contributed by atoms with Crippen molar-refractivity contribution in [1.82, 2.24) is 19.5 Å². The average molecular weight is 643 g/mol. The maximum absolute atomic E-state index is 13.0. The summed E-state index contributed by atoms with van der Waals surface area (Å²) < 4.78 is 72.8. The topological polar surface area (TPSA) is 112 Å². The summed E-state index contributed by atoms with van der Waals surface area (Å²) in [5.41, 5.74) is 2.69. The van der Waals surface area contributed by atoms with E-state index in [1.165, 1.54) is 24.3 Å². The van der Waals surface area contributed by atoms with E-state index in [4.69, 9.17) is 4.74 Å². The quantitative estimate of drug-likeness (QED) is 0.243. The lowest BCUT2D eigenvalue weighted by Gasteiger charge is -2.37. The van der Waals surface area contributed by atoms with Gasteiger partial charge in [-0.2, -0.15) is 13.2 Å². The zero-order valence-electron chi connectivity index (χ0n) is 24.5. The number of rotatable bonds is 11. The number of nitrogens with zero attached hydrogens (tertiary/aromatic N) is 3. The molecule has 3 aromatic carbocycles. The Labute approximate surface area is 259 Å². The third-order valence-corrected chi connectivity index (χ3v) is 9.18. The highest BCUT2D eigenvalue weighted by Crippen LogP contribution is 2.29. The number of piperazine rings is 1. The van der Waals surface area contributed by atoms with Crippen LogP contribution in [0.1, 0.15) is 22.4 Å². The van der Waals surface area contributed by atoms with Crippen LogP contribution >= 0.6 is 0 Å². The van der Waals surface area contributed by atoms with Crippen molar-refractivity contribution in [3.8, 4) is 5.75 Å². The summed E-state index contributed by atoms with van der Waals surface area (Å²) in [5.74, 6) is -0.679. The van der Waals surface area contributed by atoms with Gasteiger partial charge in [0.2, 0.25) is 10.0 Å². The van der Waals surface area contributed by atoms with Crippen molar-refractivity contribution in [2.45, 2.75) is 37.2 Å². The Kier molecular flexibility index (Phi) is 9.73. The number of nitrogens with one attached hydrogen (secondary N) is 1. The number of carboxylic acid groups (broad SMARTS) is 1. The second-order valence-electron chi connectivity index (χ2n) is 10.9. The summed E-state index contributed by atoms with van der Waals surface area (Å²) >= 11 is 0. The van der Waals surface area contributed by atoms with Gasteiger partial charge in [0, 0.05) is 55.9 Å². The Hall–Kier alpha value is -4.04. The molecule has 9 nitrogen and oxygen atoms in total. The monoisotopic (exact) mass is 642 g/mol. The molecule has 1 aromatic heterocycles. The predicted molar refractivity (Wildman–Crippen MR) is 162 cm³/mol. The number of carboxylic acids is 1. The summed E-state index contributed by atoms with van der Waals surface area (Å²) in [6, 6.07) is 19.5. The number of aliphatic carboxylic acids is 1. The molecule has 1 atom stereocenters. The van der Waals surface area contributed by atoms with Crippen LogP contribution < -0.4 is 9.46 Å². The van der Waals surface area contributed by atoms with E-state index in [0.717, 1.165) is 39.9 Å². The van der Waals surface area contributed by atoms with Gasteiger partial charge >= 0.3 is 12.1 Å². The largest absolute Gasteiger partial charge is 0.489 e. The maximum Gasteiger partial charge on any atom is 0.416 e. The number of para-hydroxylation sites is 1. The van der Waals surface area contributed by atoms with Gasteiger partial charge in [0.1, 0.15) is 18.4 Å². The molecule has 45 heavy (non-hydrogen) atoms. The smallest absolute Gasteiger partial charge is 0.416 e. The van der Waals surface area contributed by atoms with Crippen LogP contribution in [0.3, 0.4) is 0 Å². The van der Waals surface area contributed by atoms with Gasteiger partial charge in [-0.1, -0.05) is 30.3 Å². The highest BCUT2D eigenvalue weighted by atomic mass is 32.2. The average Bonchev–Trinajstić information content (AvgIpc) is 3.00. The van der Waals surface area contributed by atoms with Gasteiger partial charge in [0.15, 0.2) is 0 Å². The number of halogens is 3. The number of pyridine rings is 1. The normalized spacial score (nSPS) is 15.6. The summed E-state index contributed by atoms with van der Waals surface area (Å²) in [4.78, 5) is 20.3. The molecule has 0 bridgehead atoms. The van der Waals surface area contributed by atoms with Gasteiger partial charge in [-0.25, -0.2) is 13.1 Å². The van der Waals surface area contributed by atoms with Gasteiger partial charge in [-0.05, 0) is 61.0 Å². The second-order valence-corrected chi connectivity index (χ2v) is 12.7. The fraction of sp³-hybridized carbons (Fsp3) is 0.312. The molecule has 0 spiro atoms. The van der Waals surface area contributed by atoms with Crippen molar-refractivity contribution < 1.29 is 36.2 Å². The highest BCUT2D eigenvalue weighted by Gasteiger charge is 2.32. The first-order chi connectivity index (χ1) is 21.4. The number of aromatic nitrogens is 1. The minimum atomic E-state index is -4.40. The summed E-state index contributed by atoms with van der Waals surface area (Å²) in [6.07, 6.45) is -4.40. The summed E-state index contributed by atoms with van der Waals surface area (Å²) in [5, 5.41) is 10.8. The first-order valence-corrected chi connectivity index (χ1v) is 15.8. The van der Waals surface area contributed by atoms with Crippen molar-refractivity contribution in [3.05, 3.63) is 101 Å². The first-order valence-electron chi connectivity index (χ1n) is 14.3. The predicted octanol–water partition coefficient (Wildman–Crippen LogP) is 4.69. The van der Waals surface area contributed by atoms with Gasteiger partial charge < -0.3 is 9.84 Å². The summed E-state index contributed by atoms with van der Waals surface area (Å²) in [6.45, 7) is 3.95. The molecule has 2 N–H and O–H groups in total. The van der Waals surface area contributed by atoms with Crippen LogP contribution in [0.15, 0.2) is 83.8 Å². The number of hydrogen-bond acceptors (Lipinski definition) is 7. The Morgan fingerprint density at radius 3 is 2.31 bits per heavy atom. The van der Waals surface area contributed by atoms with Crippen LogP contribution in [0.25, 0.3) is 10.9 Å². The van der Waals surface area contributed by atoms with Gasteiger partial charge in [-0.15, -0.1) is 0 Å². The van der Waals surface area contributed by atoms with Crippen molar-refractivity contribution >= 4 is 26.9 Å². The van der Waals surface area contributed by atoms with Crippen molar-refractivity contribution in [2.75, 3.05) is 32.7 Å². The van der Waals surface area contributed by atoms with E-state index in [1.807, 2.05) is 42.2 Å². The van der Waals surface area contributed by atoms with Gasteiger partial charge in [0.25, 0.3) is 0 Å². The van der Waals surface area contributed by atoms with Crippen LogP contribution in [-0.2, 0) is 34.1 Å². The number of sulfonamides is 1. The third-order valence-electron chi connectivity index (χ3n) is 7.75. The second kappa shape index (κ2) is 13.5. The molecule has 13 heteroatoms. The Balaban J connectivity index is 1.14. The molecule has 4 aromatic rings. The van der Waals surface area contributed by atoms with Crippen LogP contribution in [-0.4, -0.2) is 73.0 Å². The lowest BCUT2D eigenvalue weighted by atomic mass is 10.1. The number of fused-ring (bicyclic) bond motifs is 1. The molecule has 0 radical (unpaired) electrons. The van der Waals surface area contributed by atoms with Crippen molar-refractivity contribution in [3.63, 3.8) is 0 Å². The molecule has 0 unspecified atom stereocenters. The number of hydrogen-bond donors (Lipinski definition) is 2. The zero-order chi connectivity index (χ0) is 32.2. The number of aryl methyl sites for hydroxylation is 1. The fourth-order valence-corrected chi connectivity index (χ4v) is 6.36. The van der Waals surface area contributed by atoms with Crippen molar-refractivity contribution in [1.29, 1.82) is 0 Å². The molecule has 0 aliphatic carbocycles. The maximum atomic E-state index is 13.0. The molecule has 5 rings (SSSR count). The van der Waals surface area contributed by atoms with Crippen LogP contribution in [0.5, 0.6) is 5.75 Å². The lowest BCUT2D eigenvalue weighted by Crippen LogP contribution is -2.55.